The molecule has 0 aromatic rings. The number of carbonyl (C=O) groups is 1. The first-order valence-electron chi connectivity index (χ1n) is 7.86. The maximum atomic E-state index is 12.0. The number of nitrogens with one attached hydrogen (secondary N) is 1. The summed E-state index contributed by atoms with van der Waals surface area (Å²) < 4.78 is 11.0. The van der Waals surface area contributed by atoms with E-state index in [-0.39, 0.29) is 12.1 Å². The Morgan fingerprint density at radius 2 is 1.85 bits per heavy atom. The summed E-state index contributed by atoms with van der Waals surface area (Å²) in [7, 11) is 1.43. The zero-order valence-electron chi connectivity index (χ0n) is 13.7. The highest BCUT2D eigenvalue weighted by molar-refractivity contribution is 5.80. The van der Waals surface area contributed by atoms with Gasteiger partial charge in [-0.2, -0.15) is 0 Å². The summed E-state index contributed by atoms with van der Waals surface area (Å²) in [4.78, 5) is 12.0. The van der Waals surface area contributed by atoms with Gasteiger partial charge in [0, 0.05) is 0 Å². The molecule has 1 aliphatic rings. The van der Waals surface area contributed by atoms with Crippen molar-refractivity contribution in [2.24, 2.45) is 11.8 Å². The Morgan fingerprint density at radius 3 is 2.35 bits per heavy atom. The molecule has 0 amide bonds. The fourth-order valence-corrected chi connectivity index (χ4v) is 3.10. The molecule has 0 aromatic carbocycles. The summed E-state index contributed by atoms with van der Waals surface area (Å²) in [5.41, 5.74) is -0.741. The summed E-state index contributed by atoms with van der Waals surface area (Å²) in [5.74, 6) is 1.16. The van der Waals surface area contributed by atoms with Crippen molar-refractivity contribution in [2.45, 2.75) is 65.0 Å². The van der Waals surface area contributed by atoms with Gasteiger partial charge in [0.2, 0.25) is 0 Å². The smallest absolute Gasteiger partial charge is 0.328 e. The second kappa shape index (κ2) is 7.99. The van der Waals surface area contributed by atoms with Crippen LogP contribution in [0.15, 0.2) is 0 Å². The highest BCUT2D eigenvalue weighted by atomic mass is 16.5. The SMILES string of the molecule is CCCNC(C)(COC1CC(C)CC(C)C1)C(=O)OC. The van der Waals surface area contributed by atoms with Crippen LogP contribution in [0.2, 0.25) is 0 Å². The third-order valence-electron chi connectivity index (χ3n) is 4.14. The van der Waals surface area contributed by atoms with Crippen molar-refractivity contribution in [3.63, 3.8) is 0 Å². The standard InChI is InChI=1S/C16H31NO3/c1-6-7-17-16(4,15(18)19-5)11-20-14-9-12(2)8-13(3)10-14/h12-14,17H,6-11H2,1-5H3. The van der Waals surface area contributed by atoms with Crippen LogP contribution in [0.1, 0.15) is 53.4 Å². The Kier molecular flexibility index (Phi) is 6.96. The van der Waals surface area contributed by atoms with Gasteiger partial charge in [-0.25, -0.2) is 4.79 Å². The van der Waals surface area contributed by atoms with E-state index in [4.69, 9.17) is 9.47 Å². The third-order valence-corrected chi connectivity index (χ3v) is 4.14. The van der Waals surface area contributed by atoms with Crippen LogP contribution in [-0.4, -0.2) is 37.9 Å². The van der Waals surface area contributed by atoms with Gasteiger partial charge in [0.1, 0.15) is 5.54 Å². The molecule has 0 bridgehead atoms. The number of methoxy groups -OCH3 is 1. The predicted octanol–water partition coefficient (Wildman–Crippen LogP) is 2.76. The van der Waals surface area contributed by atoms with Crippen molar-refractivity contribution in [2.75, 3.05) is 20.3 Å². The first-order valence-corrected chi connectivity index (χ1v) is 7.86. The minimum Gasteiger partial charge on any atom is -0.468 e. The van der Waals surface area contributed by atoms with E-state index in [1.165, 1.54) is 13.5 Å². The molecule has 1 fully saturated rings. The molecule has 1 aliphatic carbocycles. The first kappa shape index (κ1) is 17.4. The normalized spacial score (nSPS) is 29.8. The van der Waals surface area contributed by atoms with Crippen LogP contribution in [0, 0.1) is 11.8 Å². The van der Waals surface area contributed by atoms with E-state index in [1.54, 1.807) is 0 Å². The third kappa shape index (κ3) is 5.06. The molecule has 0 aromatic heterocycles. The van der Waals surface area contributed by atoms with Crippen LogP contribution in [0.3, 0.4) is 0 Å². The monoisotopic (exact) mass is 285 g/mol. The average molecular weight is 285 g/mol. The van der Waals surface area contributed by atoms with Gasteiger partial charge in [-0.1, -0.05) is 20.8 Å². The summed E-state index contributed by atoms with van der Waals surface area (Å²) in [6.07, 6.45) is 4.71. The number of hydrogen-bond donors (Lipinski definition) is 1. The van der Waals surface area contributed by atoms with Gasteiger partial charge in [0.05, 0.1) is 19.8 Å². The van der Waals surface area contributed by atoms with E-state index < -0.39 is 5.54 Å². The van der Waals surface area contributed by atoms with Crippen molar-refractivity contribution in [3.8, 4) is 0 Å². The maximum absolute atomic E-state index is 12.0. The van der Waals surface area contributed by atoms with E-state index in [9.17, 15) is 4.79 Å². The second-order valence-corrected chi connectivity index (χ2v) is 6.60. The summed E-state index contributed by atoms with van der Waals surface area (Å²) in [6.45, 7) is 9.66. The number of hydrogen-bond acceptors (Lipinski definition) is 4. The van der Waals surface area contributed by atoms with Crippen molar-refractivity contribution >= 4 is 5.97 Å². The van der Waals surface area contributed by atoms with E-state index >= 15 is 0 Å². The largest absolute Gasteiger partial charge is 0.468 e. The Balaban J connectivity index is 2.55. The lowest BCUT2D eigenvalue weighted by molar-refractivity contribution is -0.152. The molecular formula is C16H31NO3. The van der Waals surface area contributed by atoms with Crippen molar-refractivity contribution in [3.05, 3.63) is 0 Å². The Hall–Kier alpha value is -0.610. The lowest BCUT2D eigenvalue weighted by Crippen LogP contribution is -2.54. The minimum absolute atomic E-state index is 0.247. The molecular weight excluding hydrogens is 254 g/mol. The molecule has 0 radical (unpaired) electrons. The van der Waals surface area contributed by atoms with E-state index in [0.717, 1.165) is 25.8 Å². The first-order chi connectivity index (χ1) is 9.41. The van der Waals surface area contributed by atoms with E-state index in [2.05, 4.69) is 26.1 Å². The number of rotatable bonds is 7. The van der Waals surface area contributed by atoms with Crippen molar-refractivity contribution in [1.29, 1.82) is 0 Å². The maximum Gasteiger partial charge on any atom is 0.328 e. The minimum atomic E-state index is -0.741. The average Bonchev–Trinajstić information content (AvgIpc) is 2.41. The molecule has 1 saturated carbocycles. The number of carbonyl (C=O) groups excluding carboxylic acids is 1. The van der Waals surface area contributed by atoms with Gasteiger partial charge < -0.3 is 14.8 Å². The Bertz CT molecular complexity index is 298. The summed E-state index contributed by atoms with van der Waals surface area (Å²) in [6, 6.07) is 0. The quantitative estimate of drug-likeness (QED) is 0.731. The molecule has 1 rings (SSSR count). The lowest BCUT2D eigenvalue weighted by Gasteiger charge is -2.34. The van der Waals surface area contributed by atoms with Crippen LogP contribution >= 0.6 is 0 Å². The summed E-state index contributed by atoms with van der Waals surface area (Å²) >= 11 is 0. The van der Waals surface area contributed by atoms with Gasteiger partial charge in [0.25, 0.3) is 0 Å². The van der Waals surface area contributed by atoms with E-state index in [1.807, 2.05) is 6.92 Å². The number of esters is 1. The molecule has 3 unspecified atom stereocenters. The van der Waals surface area contributed by atoms with Gasteiger partial charge in [-0.3, -0.25) is 0 Å². The van der Waals surface area contributed by atoms with Crippen LogP contribution in [-0.2, 0) is 14.3 Å². The van der Waals surface area contributed by atoms with Crippen molar-refractivity contribution in [1.82, 2.24) is 5.32 Å². The molecule has 0 spiro atoms. The zero-order chi connectivity index (χ0) is 15.2. The second-order valence-electron chi connectivity index (χ2n) is 6.60. The zero-order valence-corrected chi connectivity index (χ0v) is 13.7. The summed E-state index contributed by atoms with van der Waals surface area (Å²) in [5, 5.41) is 3.26. The van der Waals surface area contributed by atoms with Gasteiger partial charge in [-0.05, 0) is 51.0 Å². The topological polar surface area (TPSA) is 47.6 Å². The van der Waals surface area contributed by atoms with Crippen molar-refractivity contribution < 1.29 is 14.3 Å². The Morgan fingerprint density at radius 1 is 1.25 bits per heavy atom. The molecule has 0 saturated heterocycles. The molecule has 0 aliphatic heterocycles. The van der Waals surface area contributed by atoms with Gasteiger partial charge >= 0.3 is 5.97 Å². The highest BCUT2D eigenvalue weighted by Crippen LogP contribution is 2.30. The van der Waals surface area contributed by atoms with Crippen LogP contribution in [0.4, 0.5) is 0 Å². The van der Waals surface area contributed by atoms with E-state index in [0.29, 0.717) is 18.4 Å². The molecule has 4 heteroatoms. The number of ether oxygens (including phenoxy) is 2. The van der Waals surface area contributed by atoms with Crippen LogP contribution in [0.5, 0.6) is 0 Å². The predicted molar refractivity (Wildman–Crippen MR) is 80.6 cm³/mol. The fraction of sp³-hybridized carbons (Fsp3) is 0.938. The van der Waals surface area contributed by atoms with Gasteiger partial charge in [0.15, 0.2) is 0 Å². The molecule has 1 N–H and O–H groups in total. The Labute approximate surface area is 123 Å². The fourth-order valence-electron chi connectivity index (χ4n) is 3.10. The van der Waals surface area contributed by atoms with Crippen LogP contribution < -0.4 is 5.32 Å². The lowest BCUT2D eigenvalue weighted by atomic mass is 9.81. The highest BCUT2D eigenvalue weighted by Gasteiger charge is 2.36. The van der Waals surface area contributed by atoms with Gasteiger partial charge in [-0.15, -0.1) is 0 Å². The molecule has 4 nitrogen and oxygen atoms in total. The molecule has 0 heterocycles. The van der Waals surface area contributed by atoms with Crippen LogP contribution in [0.25, 0.3) is 0 Å². The molecule has 20 heavy (non-hydrogen) atoms. The molecule has 3 atom stereocenters. The molecule has 118 valence electrons.